The molecule has 0 radical (unpaired) electrons. The third-order valence-electron chi connectivity index (χ3n) is 2.42. The molecule has 2 unspecified atom stereocenters. The van der Waals surface area contributed by atoms with E-state index in [-0.39, 0.29) is 11.9 Å². The summed E-state index contributed by atoms with van der Waals surface area (Å²) in [6.07, 6.45) is 3.22. The van der Waals surface area contributed by atoms with Crippen LogP contribution in [-0.2, 0) is 4.79 Å². The molecular weight excluding hydrogens is 234 g/mol. The first-order chi connectivity index (χ1) is 8.08. The highest BCUT2D eigenvalue weighted by Crippen LogP contribution is 2.19. The number of nitrogens with one attached hydrogen (secondary N) is 1. The highest BCUT2D eigenvalue weighted by atomic mass is 32.1. The van der Waals surface area contributed by atoms with Crippen molar-refractivity contribution < 1.29 is 4.79 Å². The van der Waals surface area contributed by atoms with Crippen molar-refractivity contribution in [2.24, 2.45) is 5.92 Å². The van der Waals surface area contributed by atoms with Crippen LogP contribution >= 0.6 is 11.3 Å². The molecular formula is C12H17N3OS. The molecule has 1 heterocycles. The van der Waals surface area contributed by atoms with Crippen LogP contribution in [0.15, 0.2) is 6.20 Å². The number of hydrogen-bond acceptors (Lipinski definition) is 4. The zero-order chi connectivity index (χ0) is 12.8. The fourth-order valence-corrected chi connectivity index (χ4v) is 2.27. The molecule has 4 nitrogen and oxygen atoms in total. The second-order valence-electron chi connectivity index (χ2n) is 4.01. The van der Waals surface area contributed by atoms with E-state index in [1.807, 2.05) is 26.8 Å². The standard InChI is InChI=1S/C12H17N3OS/c1-4-5-10(6-13)11(16)15-9(3)12-14-7-8(2)17-12/h7,9-10H,4-5H2,1-3H3,(H,15,16). The molecule has 1 aromatic rings. The lowest BCUT2D eigenvalue weighted by Gasteiger charge is -2.13. The third-order valence-corrected chi connectivity index (χ3v) is 3.51. The lowest BCUT2D eigenvalue weighted by atomic mass is 10.0. The van der Waals surface area contributed by atoms with E-state index in [1.54, 1.807) is 17.5 Å². The number of hydrogen-bond donors (Lipinski definition) is 1. The second-order valence-corrected chi connectivity index (χ2v) is 5.28. The van der Waals surface area contributed by atoms with E-state index in [9.17, 15) is 4.79 Å². The van der Waals surface area contributed by atoms with E-state index in [2.05, 4.69) is 10.3 Å². The zero-order valence-electron chi connectivity index (χ0n) is 10.4. The fourth-order valence-electron chi connectivity index (χ4n) is 1.49. The minimum Gasteiger partial charge on any atom is -0.346 e. The summed E-state index contributed by atoms with van der Waals surface area (Å²) in [6.45, 7) is 5.83. The van der Waals surface area contributed by atoms with Gasteiger partial charge in [0.25, 0.3) is 0 Å². The number of carbonyl (C=O) groups excluding carboxylic acids is 1. The minimum absolute atomic E-state index is 0.131. The molecule has 17 heavy (non-hydrogen) atoms. The first kappa shape index (κ1) is 13.7. The maximum Gasteiger partial charge on any atom is 0.237 e. The molecule has 0 saturated carbocycles. The maximum absolute atomic E-state index is 11.8. The number of carbonyl (C=O) groups is 1. The van der Waals surface area contributed by atoms with Crippen LogP contribution in [0.3, 0.4) is 0 Å². The van der Waals surface area contributed by atoms with Gasteiger partial charge in [0.2, 0.25) is 5.91 Å². The molecule has 0 bridgehead atoms. The Morgan fingerprint density at radius 3 is 2.88 bits per heavy atom. The Balaban J connectivity index is 2.59. The van der Waals surface area contributed by atoms with Gasteiger partial charge in [-0.3, -0.25) is 4.79 Å². The van der Waals surface area contributed by atoms with Gasteiger partial charge >= 0.3 is 0 Å². The molecule has 0 aliphatic heterocycles. The Morgan fingerprint density at radius 2 is 2.41 bits per heavy atom. The van der Waals surface area contributed by atoms with E-state index in [1.165, 1.54) is 0 Å². The van der Waals surface area contributed by atoms with Gasteiger partial charge in [-0.05, 0) is 20.3 Å². The molecule has 1 rings (SSSR count). The van der Waals surface area contributed by atoms with Crippen LogP contribution in [0, 0.1) is 24.2 Å². The summed E-state index contributed by atoms with van der Waals surface area (Å²) in [6, 6.07) is 1.91. The molecule has 0 fully saturated rings. The van der Waals surface area contributed by atoms with Crippen LogP contribution in [0.5, 0.6) is 0 Å². The topological polar surface area (TPSA) is 65.8 Å². The molecule has 2 atom stereocenters. The Bertz CT molecular complexity index is 422. The Labute approximate surface area is 106 Å². The number of aromatic nitrogens is 1. The number of amides is 1. The van der Waals surface area contributed by atoms with Gasteiger partial charge in [0.15, 0.2) is 0 Å². The lowest BCUT2D eigenvalue weighted by molar-refractivity contribution is -0.124. The molecule has 1 aromatic heterocycles. The molecule has 0 aromatic carbocycles. The summed E-state index contributed by atoms with van der Waals surface area (Å²) < 4.78 is 0. The largest absolute Gasteiger partial charge is 0.346 e. The van der Waals surface area contributed by atoms with Crippen molar-refractivity contribution in [2.45, 2.75) is 39.7 Å². The predicted octanol–water partition coefficient (Wildman–Crippen LogP) is 2.57. The van der Waals surface area contributed by atoms with Crippen LogP contribution in [-0.4, -0.2) is 10.9 Å². The van der Waals surface area contributed by atoms with Crippen LogP contribution < -0.4 is 5.32 Å². The highest BCUT2D eigenvalue weighted by molar-refractivity contribution is 7.11. The van der Waals surface area contributed by atoms with E-state index in [0.29, 0.717) is 6.42 Å². The lowest BCUT2D eigenvalue weighted by Crippen LogP contribution is -2.32. The number of aryl methyl sites for hydroxylation is 1. The zero-order valence-corrected chi connectivity index (χ0v) is 11.2. The molecule has 0 aliphatic rings. The second kappa shape index (κ2) is 6.36. The fraction of sp³-hybridized carbons (Fsp3) is 0.583. The maximum atomic E-state index is 11.8. The smallest absolute Gasteiger partial charge is 0.237 e. The van der Waals surface area contributed by atoms with Gasteiger partial charge in [0.05, 0.1) is 12.1 Å². The van der Waals surface area contributed by atoms with E-state index >= 15 is 0 Å². The molecule has 92 valence electrons. The van der Waals surface area contributed by atoms with Crippen molar-refractivity contribution in [2.75, 3.05) is 0 Å². The van der Waals surface area contributed by atoms with E-state index < -0.39 is 5.92 Å². The van der Waals surface area contributed by atoms with Crippen LogP contribution in [0.1, 0.15) is 42.6 Å². The molecule has 0 aliphatic carbocycles. The van der Waals surface area contributed by atoms with Gasteiger partial charge in [-0.1, -0.05) is 13.3 Å². The van der Waals surface area contributed by atoms with Crippen LogP contribution in [0.25, 0.3) is 0 Å². The van der Waals surface area contributed by atoms with E-state index in [0.717, 1.165) is 16.3 Å². The van der Waals surface area contributed by atoms with Crippen molar-refractivity contribution in [1.82, 2.24) is 10.3 Å². The van der Waals surface area contributed by atoms with Crippen LogP contribution in [0.4, 0.5) is 0 Å². The first-order valence-electron chi connectivity index (χ1n) is 5.70. The predicted molar refractivity (Wildman–Crippen MR) is 67.4 cm³/mol. The Kier molecular flexibility index (Phi) is 5.11. The summed E-state index contributed by atoms with van der Waals surface area (Å²) in [5, 5.41) is 12.6. The van der Waals surface area contributed by atoms with Gasteiger partial charge in [-0.25, -0.2) is 4.98 Å². The van der Waals surface area contributed by atoms with Crippen molar-refractivity contribution in [3.8, 4) is 6.07 Å². The average Bonchev–Trinajstić information content (AvgIpc) is 2.72. The van der Waals surface area contributed by atoms with Gasteiger partial charge in [-0.15, -0.1) is 11.3 Å². The Morgan fingerprint density at radius 1 is 1.71 bits per heavy atom. The number of rotatable bonds is 5. The van der Waals surface area contributed by atoms with Crippen molar-refractivity contribution in [3.05, 3.63) is 16.1 Å². The van der Waals surface area contributed by atoms with Crippen molar-refractivity contribution in [3.63, 3.8) is 0 Å². The quantitative estimate of drug-likeness (QED) is 0.874. The monoisotopic (exact) mass is 251 g/mol. The summed E-state index contributed by atoms with van der Waals surface area (Å²) >= 11 is 1.56. The minimum atomic E-state index is -0.552. The van der Waals surface area contributed by atoms with Gasteiger partial charge in [-0.2, -0.15) is 5.26 Å². The summed E-state index contributed by atoms with van der Waals surface area (Å²) in [7, 11) is 0. The number of thiazole rings is 1. The molecule has 1 amide bonds. The number of nitriles is 1. The van der Waals surface area contributed by atoms with E-state index in [4.69, 9.17) is 5.26 Å². The summed E-state index contributed by atoms with van der Waals surface area (Å²) in [5.74, 6) is -0.752. The SMILES string of the molecule is CCCC(C#N)C(=O)NC(C)c1ncc(C)s1. The van der Waals surface area contributed by atoms with Gasteiger partial charge in [0.1, 0.15) is 10.9 Å². The first-order valence-corrected chi connectivity index (χ1v) is 6.52. The normalized spacial score (nSPS) is 13.8. The summed E-state index contributed by atoms with van der Waals surface area (Å²) in [5.41, 5.74) is 0. The molecule has 0 spiro atoms. The molecule has 5 heteroatoms. The van der Waals surface area contributed by atoms with Crippen LogP contribution in [0.2, 0.25) is 0 Å². The average molecular weight is 251 g/mol. The third kappa shape index (κ3) is 3.82. The van der Waals surface area contributed by atoms with Gasteiger partial charge < -0.3 is 5.32 Å². The molecule has 0 saturated heterocycles. The highest BCUT2D eigenvalue weighted by Gasteiger charge is 2.20. The Hall–Kier alpha value is -1.41. The van der Waals surface area contributed by atoms with Gasteiger partial charge in [0, 0.05) is 11.1 Å². The van der Waals surface area contributed by atoms with Crippen molar-refractivity contribution >= 4 is 17.2 Å². The van der Waals surface area contributed by atoms with Crippen molar-refractivity contribution in [1.29, 1.82) is 5.26 Å². The summed E-state index contributed by atoms with van der Waals surface area (Å²) in [4.78, 5) is 17.1. The molecule has 1 N–H and O–H groups in total. The number of nitrogens with zero attached hydrogens (tertiary/aromatic N) is 2.